The summed E-state index contributed by atoms with van der Waals surface area (Å²) < 4.78 is 0. The molecule has 2 aromatic carbocycles. The van der Waals surface area contributed by atoms with E-state index in [-0.39, 0.29) is 17.9 Å². The van der Waals surface area contributed by atoms with Crippen molar-refractivity contribution in [2.45, 2.75) is 72.0 Å². The van der Waals surface area contributed by atoms with E-state index >= 15 is 0 Å². The number of aryl methyl sites for hydroxylation is 1. The van der Waals surface area contributed by atoms with Crippen LogP contribution in [-0.2, 0) is 22.6 Å². The third-order valence-electron chi connectivity index (χ3n) is 5.14. The molecule has 0 bridgehead atoms. The molecule has 30 heavy (non-hydrogen) atoms. The Kier molecular flexibility index (Phi) is 8.91. The Bertz CT molecular complexity index is 829. The molecule has 5 heteroatoms. The Labute approximate surface area is 185 Å². The highest BCUT2D eigenvalue weighted by Crippen LogP contribution is 2.18. The molecule has 2 amide bonds. The standard InChI is InChI=1S/C25H33ClN2O2/c1-17(2)22-11-6-20(7-12-22)10-15-24(29)28(19(5)25(30)27-18(3)4)16-21-8-13-23(26)14-9-21/h6-9,11-14,17-19H,10,15-16H2,1-5H3,(H,27,30). The van der Waals surface area contributed by atoms with E-state index in [0.717, 1.165) is 11.1 Å². The molecule has 0 aliphatic rings. The van der Waals surface area contributed by atoms with Crippen LogP contribution in [0.1, 0.15) is 63.6 Å². The summed E-state index contributed by atoms with van der Waals surface area (Å²) >= 11 is 5.98. The van der Waals surface area contributed by atoms with E-state index in [0.29, 0.717) is 30.3 Å². The first-order valence-corrected chi connectivity index (χ1v) is 11.0. The highest BCUT2D eigenvalue weighted by molar-refractivity contribution is 6.30. The van der Waals surface area contributed by atoms with Crippen molar-refractivity contribution in [3.8, 4) is 0 Å². The van der Waals surface area contributed by atoms with Gasteiger partial charge in [0, 0.05) is 24.0 Å². The number of hydrogen-bond donors (Lipinski definition) is 1. The molecule has 2 rings (SSSR count). The van der Waals surface area contributed by atoms with Crippen molar-refractivity contribution in [3.05, 3.63) is 70.2 Å². The van der Waals surface area contributed by atoms with Gasteiger partial charge in [-0.1, -0.05) is 61.8 Å². The number of benzene rings is 2. The van der Waals surface area contributed by atoms with Gasteiger partial charge in [0.05, 0.1) is 0 Å². The second-order valence-electron chi connectivity index (χ2n) is 8.38. The first-order chi connectivity index (χ1) is 14.2. The third-order valence-corrected chi connectivity index (χ3v) is 5.39. The lowest BCUT2D eigenvalue weighted by Gasteiger charge is -2.29. The quantitative estimate of drug-likeness (QED) is 0.586. The van der Waals surface area contributed by atoms with Gasteiger partial charge in [-0.3, -0.25) is 9.59 Å². The van der Waals surface area contributed by atoms with Crippen molar-refractivity contribution in [1.29, 1.82) is 0 Å². The minimum absolute atomic E-state index is 0.0203. The number of carbonyl (C=O) groups is 2. The summed E-state index contributed by atoms with van der Waals surface area (Å²) in [4.78, 5) is 27.4. The predicted octanol–water partition coefficient (Wildman–Crippen LogP) is 5.34. The van der Waals surface area contributed by atoms with Gasteiger partial charge in [0.1, 0.15) is 6.04 Å². The number of nitrogens with one attached hydrogen (secondary N) is 1. The lowest BCUT2D eigenvalue weighted by molar-refractivity contribution is -0.140. The fraction of sp³-hybridized carbons (Fsp3) is 0.440. The van der Waals surface area contributed by atoms with Crippen LogP contribution in [0.5, 0.6) is 0 Å². The molecule has 0 heterocycles. The summed E-state index contributed by atoms with van der Waals surface area (Å²) in [7, 11) is 0. The smallest absolute Gasteiger partial charge is 0.242 e. The fourth-order valence-electron chi connectivity index (χ4n) is 3.24. The van der Waals surface area contributed by atoms with Crippen LogP contribution in [0, 0.1) is 0 Å². The third kappa shape index (κ3) is 7.17. The minimum Gasteiger partial charge on any atom is -0.352 e. The normalized spacial score (nSPS) is 12.1. The largest absolute Gasteiger partial charge is 0.352 e. The molecule has 0 saturated carbocycles. The molecule has 0 aliphatic heterocycles. The van der Waals surface area contributed by atoms with Crippen LogP contribution in [0.15, 0.2) is 48.5 Å². The highest BCUT2D eigenvalue weighted by atomic mass is 35.5. The molecule has 1 N–H and O–H groups in total. The summed E-state index contributed by atoms with van der Waals surface area (Å²) in [6.07, 6.45) is 1.00. The Morgan fingerprint density at radius 3 is 2.00 bits per heavy atom. The number of hydrogen-bond acceptors (Lipinski definition) is 2. The molecule has 1 unspecified atom stereocenters. The number of carbonyl (C=O) groups excluding carboxylic acids is 2. The second-order valence-corrected chi connectivity index (χ2v) is 8.82. The van der Waals surface area contributed by atoms with Gasteiger partial charge in [-0.05, 0) is 61.9 Å². The lowest BCUT2D eigenvalue weighted by atomic mass is 10.00. The summed E-state index contributed by atoms with van der Waals surface area (Å²) in [5.74, 6) is 0.300. The fourth-order valence-corrected chi connectivity index (χ4v) is 3.36. The van der Waals surface area contributed by atoms with Gasteiger partial charge in [-0.25, -0.2) is 0 Å². The van der Waals surface area contributed by atoms with Gasteiger partial charge in [0.2, 0.25) is 11.8 Å². The van der Waals surface area contributed by atoms with Crippen LogP contribution in [0.2, 0.25) is 5.02 Å². The molecule has 2 aromatic rings. The molecular weight excluding hydrogens is 396 g/mol. The number of nitrogens with zero attached hydrogens (tertiary/aromatic N) is 1. The van der Waals surface area contributed by atoms with Crippen LogP contribution < -0.4 is 5.32 Å². The van der Waals surface area contributed by atoms with Crippen LogP contribution in [-0.4, -0.2) is 28.8 Å². The van der Waals surface area contributed by atoms with Gasteiger partial charge in [0.25, 0.3) is 0 Å². The minimum atomic E-state index is -0.557. The van der Waals surface area contributed by atoms with Crippen LogP contribution >= 0.6 is 11.6 Å². The zero-order chi connectivity index (χ0) is 22.3. The van der Waals surface area contributed by atoms with E-state index in [4.69, 9.17) is 11.6 Å². The molecule has 1 atom stereocenters. The van der Waals surface area contributed by atoms with Crippen LogP contribution in [0.25, 0.3) is 0 Å². The van der Waals surface area contributed by atoms with Crippen molar-refractivity contribution in [2.24, 2.45) is 0 Å². The lowest BCUT2D eigenvalue weighted by Crippen LogP contribution is -2.49. The molecule has 0 radical (unpaired) electrons. The summed E-state index contributed by atoms with van der Waals surface area (Å²) in [6, 6.07) is 15.3. The van der Waals surface area contributed by atoms with Crippen molar-refractivity contribution >= 4 is 23.4 Å². The van der Waals surface area contributed by atoms with E-state index in [2.05, 4.69) is 43.4 Å². The van der Waals surface area contributed by atoms with Crippen LogP contribution in [0.3, 0.4) is 0 Å². The maximum atomic E-state index is 13.1. The van der Waals surface area contributed by atoms with Crippen molar-refractivity contribution in [1.82, 2.24) is 10.2 Å². The van der Waals surface area contributed by atoms with E-state index in [1.165, 1.54) is 5.56 Å². The van der Waals surface area contributed by atoms with Crippen molar-refractivity contribution in [2.75, 3.05) is 0 Å². The van der Waals surface area contributed by atoms with E-state index < -0.39 is 6.04 Å². The van der Waals surface area contributed by atoms with Crippen molar-refractivity contribution in [3.63, 3.8) is 0 Å². The topological polar surface area (TPSA) is 49.4 Å². The monoisotopic (exact) mass is 428 g/mol. The molecule has 0 aliphatic carbocycles. The zero-order valence-corrected chi connectivity index (χ0v) is 19.4. The van der Waals surface area contributed by atoms with Gasteiger partial charge in [-0.15, -0.1) is 0 Å². The van der Waals surface area contributed by atoms with Crippen molar-refractivity contribution < 1.29 is 9.59 Å². The molecule has 0 spiro atoms. The zero-order valence-electron chi connectivity index (χ0n) is 18.6. The molecule has 4 nitrogen and oxygen atoms in total. The molecular formula is C25H33ClN2O2. The number of halogens is 1. The molecule has 0 fully saturated rings. The Morgan fingerprint density at radius 2 is 1.47 bits per heavy atom. The Hall–Kier alpha value is -2.33. The van der Waals surface area contributed by atoms with Gasteiger partial charge in [-0.2, -0.15) is 0 Å². The van der Waals surface area contributed by atoms with Gasteiger partial charge in [0.15, 0.2) is 0 Å². The molecule has 0 aromatic heterocycles. The number of amides is 2. The number of rotatable bonds is 9. The van der Waals surface area contributed by atoms with E-state index in [9.17, 15) is 9.59 Å². The van der Waals surface area contributed by atoms with E-state index in [1.54, 1.807) is 24.0 Å². The van der Waals surface area contributed by atoms with Gasteiger partial charge >= 0.3 is 0 Å². The predicted molar refractivity (Wildman–Crippen MR) is 124 cm³/mol. The Balaban J connectivity index is 2.11. The van der Waals surface area contributed by atoms with E-state index in [1.807, 2.05) is 26.0 Å². The summed E-state index contributed by atoms with van der Waals surface area (Å²) in [5.41, 5.74) is 3.35. The summed E-state index contributed by atoms with van der Waals surface area (Å²) in [5, 5.41) is 3.55. The maximum absolute atomic E-state index is 13.1. The first kappa shape index (κ1) is 23.9. The maximum Gasteiger partial charge on any atom is 0.242 e. The molecule has 162 valence electrons. The molecule has 0 saturated heterocycles. The second kappa shape index (κ2) is 11.2. The Morgan fingerprint density at radius 1 is 0.900 bits per heavy atom. The first-order valence-electron chi connectivity index (χ1n) is 10.6. The SMILES string of the molecule is CC(C)NC(=O)C(C)N(Cc1ccc(Cl)cc1)C(=O)CCc1ccc(C(C)C)cc1. The van der Waals surface area contributed by atoms with Gasteiger partial charge < -0.3 is 10.2 Å². The average molecular weight is 429 g/mol. The highest BCUT2D eigenvalue weighted by Gasteiger charge is 2.26. The summed E-state index contributed by atoms with van der Waals surface area (Å²) in [6.45, 7) is 10.3. The average Bonchev–Trinajstić information content (AvgIpc) is 2.70. The van der Waals surface area contributed by atoms with Crippen LogP contribution in [0.4, 0.5) is 0 Å².